The van der Waals surface area contributed by atoms with Crippen molar-refractivity contribution in [3.63, 3.8) is 0 Å². The van der Waals surface area contributed by atoms with E-state index in [1.54, 1.807) is 23.0 Å². The Kier molecular flexibility index (Phi) is 5.35. The Morgan fingerprint density at radius 1 is 1.22 bits per heavy atom. The van der Waals surface area contributed by atoms with E-state index in [9.17, 15) is 4.79 Å². The van der Waals surface area contributed by atoms with Crippen molar-refractivity contribution >= 4 is 33.2 Å². The lowest BCUT2D eigenvalue weighted by Gasteiger charge is -2.25. The minimum atomic E-state index is -0.108. The van der Waals surface area contributed by atoms with Gasteiger partial charge < -0.3 is 15.0 Å². The van der Waals surface area contributed by atoms with Crippen LogP contribution in [0.15, 0.2) is 30.3 Å². The molecule has 0 atom stereocenters. The number of nitrogens with one attached hydrogen (secondary N) is 1. The maximum atomic E-state index is 12.3. The number of amides is 1. The Bertz CT molecular complexity index is 915. The van der Waals surface area contributed by atoms with Gasteiger partial charge >= 0.3 is 0 Å². The van der Waals surface area contributed by atoms with Crippen molar-refractivity contribution in [1.29, 1.82) is 0 Å². The number of anilines is 2. The largest absolute Gasteiger partial charge is 0.384 e. The Labute approximate surface area is 162 Å². The van der Waals surface area contributed by atoms with Gasteiger partial charge in [0, 0.05) is 25.8 Å². The second-order valence-corrected chi connectivity index (χ2v) is 7.53. The summed E-state index contributed by atoms with van der Waals surface area (Å²) in [6.45, 7) is 2.43. The molecule has 1 N–H and O–H groups in total. The highest BCUT2D eigenvalue weighted by Gasteiger charge is 2.22. The molecule has 1 saturated heterocycles. The predicted molar refractivity (Wildman–Crippen MR) is 107 cm³/mol. The molecule has 0 spiro atoms. The Morgan fingerprint density at radius 3 is 2.74 bits per heavy atom. The number of nitrogens with zero attached hydrogens (tertiary/aromatic N) is 4. The molecule has 1 amide bonds. The number of carbonyl (C=O) groups excluding carboxylic acids is 1. The lowest BCUT2D eigenvalue weighted by atomic mass is 10.1. The van der Waals surface area contributed by atoms with E-state index in [1.807, 2.05) is 30.3 Å². The lowest BCUT2D eigenvalue weighted by molar-refractivity contribution is -0.117. The molecule has 0 bridgehead atoms. The summed E-state index contributed by atoms with van der Waals surface area (Å²) in [5.74, 6) is 0.514. The lowest BCUT2D eigenvalue weighted by Crippen LogP contribution is -2.29. The van der Waals surface area contributed by atoms with Crippen LogP contribution < -0.4 is 10.2 Å². The van der Waals surface area contributed by atoms with E-state index in [0.29, 0.717) is 18.8 Å². The average Bonchev–Trinajstić information content (AvgIpc) is 3.27. The van der Waals surface area contributed by atoms with E-state index in [0.717, 1.165) is 34.4 Å². The van der Waals surface area contributed by atoms with Crippen LogP contribution in [0.4, 0.5) is 10.9 Å². The quantitative estimate of drug-likeness (QED) is 0.704. The molecule has 0 unspecified atom stereocenters. The zero-order chi connectivity index (χ0) is 18.6. The number of rotatable bonds is 6. The van der Waals surface area contributed by atoms with Gasteiger partial charge in [-0.15, -0.1) is 5.10 Å². The molecular weight excluding hydrogens is 362 g/mol. The molecule has 8 heteroatoms. The molecule has 0 aliphatic carbocycles. The third-order valence-electron chi connectivity index (χ3n) is 4.66. The molecule has 0 saturated carbocycles. The van der Waals surface area contributed by atoms with Gasteiger partial charge in [-0.2, -0.15) is 4.52 Å². The molecule has 0 radical (unpaired) electrons. The van der Waals surface area contributed by atoms with Gasteiger partial charge in [-0.3, -0.25) is 4.79 Å². The van der Waals surface area contributed by atoms with Crippen molar-refractivity contribution in [1.82, 2.24) is 14.6 Å². The minimum absolute atomic E-state index is 0.108. The highest BCUT2D eigenvalue weighted by Crippen LogP contribution is 2.34. The van der Waals surface area contributed by atoms with Crippen LogP contribution in [0.25, 0.3) is 16.2 Å². The molecule has 4 rings (SSSR count). The molecule has 1 fully saturated rings. The summed E-state index contributed by atoms with van der Waals surface area (Å²) in [6.07, 6.45) is 3.95. The van der Waals surface area contributed by atoms with Crippen LogP contribution in [-0.4, -0.2) is 47.3 Å². The molecule has 3 aromatic rings. The van der Waals surface area contributed by atoms with Crippen LogP contribution in [-0.2, 0) is 9.53 Å². The molecule has 1 aliphatic heterocycles. The second kappa shape index (κ2) is 8.06. The maximum Gasteiger partial charge on any atom is 0.227 e. The Balaban J connectivity index is 1.71. The molecule has 7 nitrogen and oxygen atoms in total. The fraction of sp³-hybridized carbons (Fsp3) is 0.421. The number of aromatic nitrogens is 3. The second-order valence-electron chi connectivity index (χ2n) is 6.59. The number of piperidine rings is 1. The van der Waals surface area contributed by atoms with Gasteiger partial charge in [-0.05, 0) is 19.3 Å². The summed E-state index contributed by atoms with van der Waals surface area (Å²) >= 11 is 1.57. The van der Waals surface area contributed by atoms with Gasteiger partial charge in [0.2, 0.25) is 16.0 Å². The molecule has 3 heterocycles. The first-order valence-electron chi connectivity index (χ1n) is 9.25. The van der Waals surface area contributed by atoms with Crippen molar-refractivity contribution in [2.24, 2.45) is 0 Å². The van der Waals surface area contributed by atoms with Gasteiger partial charge in [0.15, 0.2) is 5.82 Å². The van der Waals surface area contributed by atoms with Crippen LogP contribution in [0.5, 0.6) is 0 Å². The Morgan fingerprint density at radius 2 is 2.00 bits per heavy atom. The summed E-state index contributed by atoms with van der Waals surface area (Å²) in [5, 5.41) is 8.72. The maximum absolute atomic E-state index is 12.3. The number of hydrogen-bond acceptors (Lipinski definition) is 6. The zero-order valence-electron chi connectivity index (χ0n) is 15.4. The third kappa shape index (κ3) is 3.81. The van der Waals surface area contributed by atoms with Gasteiger partial charge in [-0.25, -0.2) is 4.98 Å². The van der Waals surface area contributed by atoms with E-state index in [2.05, 4.69) is 10.2 Å². The molecular formula is C19H23N5O2S. The van der Waals surface area contributed by atoms with E-state index >= 15 is 0 Å². The first kappa shape index (κ1) is 17.9. The number of fused-ring (bicyclic) bond motifs is 1. The van der Waals surface area contributed by atoms with Crippen LogP contribution in [0, 0.1) is 0 Å². The number of hydrogen-bond donors (Lipinski definition) is 1. The highest BCUT2D eigenvalue weighted by molar-refractivity contribution is 7.20. The topological polar surface area (TPSA) is 71.8 Å². The predicted octanol–water partition coefficient (Wildman–Crippen LogP) is 3.42. The van der Waals surface area contributed by atoms with Crippen molar-refractivity contribution in [3.8, 4) is 11.3 Å². The van der Waals surface area contributed by atoms with Crippen molar-refractivity contribution in [3.05, 3.63) is 30.3 Å². The van der Waals surface area contributed by atoms with Crippen LogP contribution in [0.3, 0.4) is 0 Å². The number of carbonyl (C=O) groups is 1. The third-order valence-corrected chi connectivity index (χ3v) is 5.63. The number of methoxy groups -OCH3 is 1. The summed E-state index contributed by atoms with van der Waals surface area (Å²) < 4.78 is 6.78. The fourth-order valence-electron chi connectivity index (χ4n) is 3.25. The van der Waals surface area contributed by atoms with Crippen molar-refractivity contribution < 1.29 is 9.53 Å². The molecule has 2 aromatic heterocycles. The van der Waals surface area contributed by atoms with Gasteiger partial charge in [0.25, 0.3) is 0 Å². The molecule has 142 valence electrons. The molecule has 27 heavy (non-hydrogen) atoms. The number of benzene rings is 1. The van der Waals surface area contributed by atoms with Crippen molar-refractivity contribution in [2.75, 3.05) is 37.0 Å². The van der Waals surface area contributed by atoms with E-state index < -0.39 is 0 Å². The standard InChI is InChI=1S/C19H23N5O2S/c1-26-13-10-15(25)20-17-16(14-8-4-2-5-9-14)21-18-24(17)22-19(27-18)23-11-6-3-7-12-23/h2,4-5,8-9H,3,6-7,10-13H2,1H3,(H,20,25). The minimum Gasteiger partial charge on any atom is -0.384 e. The first-order valence-corrected chi connectivity index (χ1v) is 10.1. The van der Waals surface area contributed by atoms with E-state index in [1.165, 1.54) is 19.3 Å². The van der Waals surface area contributed by atoms with Gasteiger partial charge in [-0.1, -0.05) is 41.7 Å². The van der Waals surface area contributed by atoms with Crippen LogP contribution >= 0.6 is 11.3 Å². The van der Waals surface area contributed by atoms with E-state index in [-0.39, 0.29) is 5.91 Å². The van der Waals surface area contributed by atoms with Gasteiger partial charge in [0.1, 0.15) is 5.69 Å². The van der Waals surface area contributed by atoms with Gasteiger partial charge in [0.05, 0.1) is 13.0 Å². The van der Waals surface area contributed by atoms with Crippen molar-refractivity contribution in [2.45, 2.75) is 25.7 Å². The first-order chi connectivity index (χ1) is 13.3. The summed E-state index contributed by atoms with van der Waals surface area (Å²) in [7, 11) is 1.59. The normalized spacial score (nSPS) is 14.6. The SMILES string of the molecule is COCCC(=O)Nc1c(-c2ccccc2)nc2sc(N3CCCCC3)nn12. The number of ether oxygens (including phenoxy) is 1. The summed E-state index contributed by atoms with van der Waals surface area (Å²) in [5.41, 5.74) is 1.70. The summed E-state index contributed by atoms with van der Waals surface area (Å²) in [6, 6.07) is 9.87. The summed E-state index contributed by atoms with van der Waals surface area (Å²) in [4.78, 5) is 20.2. The van der Waals surface area contributed by atoms with E-state index in [4.69, 9.17) is 14.8 Å². The zero-order valence-corrected chi connectivity index (χ0v) is 16.2. The fourth-order valence-corrected chi connectivity index (χ4v) is 4.20. The van der Waals surface area contributed by atoms with Crippen LogP contribution in [0.2, 0.25) is 0 Å². The Hall–Kier alpha value is -2.45. The molecule has 1 aliphatic rings. The monoisotopic (exact) mass is 385 g/mol. The smallest absolute Gasteiger partial charge is 0.227 e. The molecule has 1 aromatic carbocycles. The van der Waals surface area contributed by atoms with Crippen LogP contribution in [0.1, 0.15) is 25.7 Å². The number of imidazole rings is 1. The highest BCUT2D eigenvalue weighted by atomic mass is 32.1. The average molecular weight is 385 g/mol.